The van der Waals surface area contributed by atoms with Crippen molar-refractivity contribution < 1.29 is 0 Å². The van der Waals surface area contributed by atoms with Crippen molar-refractivity contribution in [1.29, 1.82) is 0 Å². The van der Waals surface area contributed by atoms with Gasteiger partial charge in [-0.1, -0.05) is 45.9 Å². The van der Waals surface area contributed by atoms with Gasteiger partial charge < -0.3 is 5.32 Å². The lowest BCUT2D eigenvalue weighted by atomic mass is 9.85. The highest BCUT2D eigenvalue weighted by molar-refractivity contribution is 8.00. The summed E-state index contributed by atoms with van der Waals surface area (Å²) >= 11 is 2.04. The number of benzene rings is 1. The molecule has 2 rings (SSSR count). The van der Waals surface area contributed by atoms with Gasteiger partial charge in [0.15, 0.2) is 0 Å². The normalized spacial score (nSPS) is 18.6. The van der Waals surface area contributed by atoms with Gasteiger partial charge in [-0.25, -0.2) is 0 Å². The smallest absolute Gasteiger partial charge is 0.0260 e. The average Bonchev–Trinajstić information content (AvgIpc) is 2.76. The minimum Gasteiger partial charge on any atom is -0.315 e. The SMILES string of the molecule is CC(C)C(CNCC1Cc2ccccc2S1)C(C)C. The van der Waals surface area contributed by atoms with Crippen molar-refractivity contribution in [2.75, 3.05) is 13.1 Å². The molecule has 0 aromatic heterocycles. The average molecular weight is 277 g/mol. The standard InChI is InChI=1S/C17H27NS/c1-12(2)16(13(3)4)11-18-10-15-9-14-7-5-6-8-17(14)19-15/h5-8,12-13,15-16,18H,9-11H2,1-4H3. The van der Waals surface area contributed by atoms with E-state index in [1.165, 1.54) is 16.9 Å². The van der Waals surface area contributed by atoms with Gasteiger partial charge in [-0.2, -0.15) is 0 Å². The van der Waals surface area contributed by atoms with Crippen molar-refractivity contribution in [2.45, 2.75) is 44.3 Å². The van der Waals surface area contributed by atoms with Crippen LogP contribution in [0.5, 0.6) is 0 Å². The molecule has 0 aliphatic carbocycles. The van der Waals surface area contributed by atoms with Crippen LogP contribution in [0.1, 0.15) is 33.3 Å². The second-order valence-corrected chi connectivity index (χ2v) is 7.70. The van der Waals surface area contributed by atoms with E-state index in [2.05, 4.69) is 57.3 Å². The third-order valence-electron chi connectivity index (χ3n) is 4.18. The Morgan fingerprint density at radius 3 is 2.47 bits per heavy atom. The third kappa shape index (κ3) is 4.00. The van der Waals surface area contributed by atoms with Crippen LogP contribution in [-0.4, -0.2) is 18.3 Å². The van der Waals surface area contributed by atoms with Crippen molar-refractivity contribution in [1.82, 2.24) is 5.32 Å². The fraction of sp³-hybridized carbons (Fsp3) is 0.647. The van der Waals surface area contributed by atoms with Crippen LogP contribution in [0.2, 0.25) is 0 Å². The maximum Gasteiger partial charge on any atom is 0.0260 e. The number of rotatable bonds is 6. The minimum atomic E-state index is 0.720. The van der Waals surface area contributed by atoms with Gasteiger partial charge in [0.05, 0.1) is 0 Å². The summed E-state index contributed by atoms with van der Waals surface area (Å²) < 4.78 is 0. The van der Waals surface area contributed by atoms with E-state index in [0.717, 1.165) is 36.1 Å². The summed E-state index contributed by atoms with van der Waals surface area (Å²) in [4.78, 5) is 1.48. The second-order valence-electron chi connectivity index (χ2n) is 6.36. The van der Waals surface area contributed by atoms with Gasteiger partial charge in [0, 0.05) is 16.7 Å². The fourth-order valence-electron chi connectivity index (χ4n) is 3.02. The lowest BCUT2D eigenvalue weighted by Gasteiger charge is -2.25. The Morgan fingerprint density at radius 2 is 1.84 bits per heavy atom. The molecule has 19 heavy (non-hydrogen) atoms. The second kappa shape index (κ2) is 6.81. The molecule has 0 amide bonds. The molecule has 1 aromatic carbocycles. The molecule has 1 atom stereocenters. The molecule has 0 bridgehead atoms. The molecule has 1 aliphatic heterocycles. The lowest BCUT2D eigenvalue weighted by Crippen LogP contribution is -2.33. The van der Waals surface area contributed by atoms with Gasteiger partial charge in [-0.15, -0.1) is 11.8 Å². The quantitative estimate of drug-likeness (QED) is 0.835. The highest BCUT2D eigenvalue weighted by Gasteiger charge is 2.22. The molecule has 1 heterocycles. The van der Waals surface area contributed by atoms with E-state index in [9.17, 15) is 0 Å². The Morgan fingerprint density at radius 1 is 1.16 bits per heavy atom. The molecule has 0 saturated heterocycles. The van der Waals surface area contributed by atoms with Gasteiger partial charge >= 0.3 is 0 Å². The van der Waals surface area contributed by atoms with Crippen LogP contribution in [0, 0.1) is 17.8 Å². The topological polar surface area (TPSA) is 12.0 Å². The van der Waals surface area contributed by atoms with E-state index in [0.29, 0.717) is 0 Å². The Bertz CT molecular complexity index is 367. The monoisotopic (exact) mass is 277 g/mol. The van der Waals surface area contributed by atoms with Crippen molar-refractivity contribution in [3.63, 3.8) is 0 Å². The third-order valence-corrected chi connectivity index (χ3v) is 5.50. The molecule has 1 N–H and O–H groups in total. The summed E-state index contributed by atoms with van der Waals surface area (Å²) in [5.41, 5.74) is 1.53. The maximum atomic E-state index is 3.70. The van der Waals surface area contributed by atoms with Crippen molar-refractivity contribution in [3.05, 3.63) is 29.8 Å². The molecule has 1 unspecified atom stereocenters. The lowest BCUT2D eigenvalue weighted by molar-refractivity contribution is 0.276. The van der Waals surface area contributed by atoms with Crippen LogP contribution in [0.25, 0.3) is 0 Å². The highest BCUT2D eigenvalue weighted by Crippen LogP contribution is 2.36. The van der Waals surface area contributed by atoms with E-state index in [-0.39, 0.29) is 0 Å². The zero-order valence-electron chi connectivity index (χ0n) is 12.6. The summed E-state index contributed by atoms with van der Waals surface area (Å²) in [5, 5.41) is 4.42. The van der Waals surface area contributed by atoms with E-state index in [1.807, 2.05) is 11.8 Å². The summed E-state index contributed by atoms with van der Waals surface area (Å²) in [6.45, 7) is 11.6. The Labute approximate surface area is 122 Å². The van der Waals surface area contributed by atoms with Gasteiger partial charge in [-0.05, 0) is 42.3 Å². The van der Waals surface area contributed by atoms with Gasteiger partial charge in [0.25, 0.3) is 0 Å². The summed E-state index contributed by atoms with van der Waals surface area (Å²) in [5.74, 6) is 2.32. The van der Waals surface area contributed by atoms with Crippen molar-refractivity contribution in [2.24, 2.45) is 17.8 Å². The molecule has 1 aromatic rings. The van der Waals surface area contributed by atoms with Gasteiger partial charge in [0.1, 0.15) is 0 Å². The highest BCUT2D eigenvalue weighted by atomic mass is 32.2. The molecule has 0 radical (unpaired) electrons. The van der Waals surface area contributed by atoms with Gasteiger partial charge in [-0.3, -0.25) is 0 Å². The molecule has 2 heteroatoms. The van der Waals surface area contributed by atoms with E-state index < -0.39 is 0 Å². The van der Waals surface area contributed by atoms with E-state index in [1.54, 1.807) is 0 Å². The molecule has 0 fully saturated rings. The number of fused-ring (bicyclic) bond motifs is 1. The number of hydrogen-bond donors (Lipinski definition) is 1. The Kier molecular flexibility index (Phi) is 5.35. The number of thioether (sulfide) groups is 1. The predicted octanol–water partition coefficient (Wildman–Crippen LogP) is 4.22. The fourth-order valence-corrected chi connectivity index (χ4v) is 4.30. The maximum absolute atomic E-state index is 3.70. The summed E-state index contributed by atoms with van der Waals surface area (Å²) in [7, 11) is 0. The van der Waals surface area contributed by atoms with Crippen LogP contribution in [0.3, 0.4) is 0 Å². The van der Waals surface area contributed by atoms with Crippen LogP contribution >= 0.6 is 11.8 Å². The first-order valence-electron chi connectivity index (χ1n) is 7.53. The van der Waals surface area contributed by atoms with Crippen LogP contribution in [0.15, 0.2) is 29.2 Å². The molecule has 0 saturated carbocycles. The summed E-state index contributed by atoms with van der Waals surface area (Å²) in [6.07, 6.45) is 1.22. The number of nitrogens with one attached hydrogen (secondary N) is 1. The molecule has 1 nitrogen and oxygen atoms in total. The molecule has 106 valence electrons. The van der Waals surface area contributed by atoms with Gasteiger partial charge in [0.2, 0.25) is 0 Å². The van der Waals surface area contributed by atoms with Crippen molar-refractivity contribution >= 4 is 11.8 Å². The molecular weight excluding hydrogens is 250 g/mol. The summed E-state index contributed by atoms with van der Waals surface area (Å²) in [6, 6.07) is 8.83. The van der Waals surface area contributed by atoms with E-state index >= 15 is 0 Å². The van der Waals surface area contributed by atoms with Crippen LogP contribution in [0.4, 0.5) is 0 Å². The zero-order valence-corrected chi connectivity index (χ0v) is 13.5. The van der Waals surface area contributed by atoms with Crippen molar-refractivity contribution in [3.8, 4) is 0 Å². The van der Waals surface area contributed by atoms with Crippen LogP contribution in [-0.2, 0) is 6.42 Å². The zero-order chi connectivity index (χ0) is 13.8. The predicted molar refractivity (Wildman–Crippen MR) is 85.8 cm³/mol. The first kappa shape index (κ1) is 14.9. The Hall–Kier alpha value is -0.470. The molecular formula is C17H27NS. The molecule has 1 aliphatic rings. The van der Waals surface area contributed by atoms with Crippen LogP contribution < -0.4 is 5.32 Å². The first-order chi connectivity index (χ1) is 9.08. The number of hydrogen-bond acceptors (Lipinski definition) is 2. The molecule has 0 spiro atoms. The first-order valence-corrected chi connectivity index (χ1v) is 8.41. The Balaban J connectivity index is 1.76. The largest absolute Gasteiger partial charge is 0.315 e. The van der Waals surface area contributed by atoms with E-state index in [4.69, 9.17) is 0 Å². The minimum absolute atomic E-state index is 0.720.